The predicted octanol–water partition coefficient (Wildman–Crippen LogP) is 3.69. The van der Waals surface area contributed by atoms with Crippen molar-refractivity contribution in [2.45, 2.75) is 6.54 Å². The Morgan fingerprint density at radius 3 is 2.76 bits per heavy atom. The smallest absolute Gasteiger partial charge is 0.0752 e. The van der Waals surface area contributed by atoms with E-state index in [0.717, 1.165) is 20.7 Å². The van der Waals surface area contributed by atoms with E-state index in [9.17, 15) is 0 Å². The maximum Gasteiger partial charge on any atom is 0.0752 e. The molecule has 0 amide bonds. The lowest BCUT2D eigenvalue weighted by atomic mass is 10.2. The van der Waals surface area contributed by atoms with E-state index in [0.29, 0.717) is 12.2 Å². The third kappa shape index (κ3) is 2.90. The molecule has 0 bridgehead atoms. The number of nitrogens with one attached hydrogen (secondary N) is 1. The number of rotatable bonds is 3. The van der Waals surface area contributed by atoms with Gasteiger partial charge in [-0.2, -0.15) is 0 Å². The van der Waals surface area contributed by atoms with Crippen LogP contribution in [-0.2, 0) is 6.54 Å². The van der Waals surface area contributed by atoms with Gasteiger partial charge in [0.2, 0.25) is 0 Å². The highest BCUT2D eigenvalue weighted by atomic mass is 79.9. The van der Waals surface area contributed by atoms with Gasteiger partial charge in [0.1, 0.15) is 0 Å². The molecule has 2 rings (SSSR count). The van der Waals surface area contributed by atoms with E-state index in [2.05, 4.69) is 26.2 Å². The highest BCUT2D eigenvalue weighted by Gasteiger charge is 2.05. The van der Waals surface area contributed by atoms with Gasteiger partial charge in [-0.15, -0.1) is 0 Å². The number of hydrogen-bond acceptors (Lipinski definition) is 3. The molecule has 1 aromatic heterocycles. The van der Waals surface area contributed by atoms with Crippen LogP contribution in [0.25, 0.3) is 0 Å². The van der Waals surface area contributed by atoms with Crippen molar-refractivity contribution in [3.05, 3.63) is 51.7 Å². The van der Waals surface area contributed by atoms with Crippen LogP contribution < -0.4 is 11.1 Å². The molecule has 0 saturated carbocycles. The number of nitrogens with two attached hydrogens (primary N) is 1. The Balaban J connectivity index is 2.16. The van der Waals surface area contributed by atoms with Crippen molar-refractivity contribution >= 4 is 38.9 Å². The highest BCUT2D eigenvalue weighted by molar-refractivity contribution is 9.10. The first kappa shape index (κ1) is 12.2. The summed E-state index contributed by atoms with van der Waals surface area (Å²) in [6, 6.07) is 7.69. The van der Waals surface area contributed by atoms with Crippen molar-refractivity contribution in [2.24, 2.45) is 0 Å². The molecule has 0 spiro atoms. The number of halogens is 2. The molecule has 0 aliphatic carbocycles. The molecule has 0 saturated heterocycles. The van der Waals surface area contributed by atoms with Crippen molar-refractivity contribution in [3.8, 4) is 0 Å². The SMILES string of the molecule is Nc1cncc(Br)c1NCc1ccccc1Cl. The van der Waals surface area contributed by atoms with Crippen LogP contribution in [0.3, 0.4) is 0 Å². The summed E-state index contributed by atoms with van der Waals surface area (Å²) in [5.74, 6) is 0. The quantitative estimate of drug-likeness (QED) is 0.908. The first-order valence-electron chi connectivity index (χ1n) is 5.04. The number of hydrogen-bond donors (Lipinski definition) is 2. The second-order valence-electron chi connectivity index (χ2n) is 3.53. The zero-order valence-corrected chi connectivity index (χ0v) is 11.3. The van der Waals surface area contributed by atoms with Gasteiger partial charge in [-0.25, -0.2) is 0 Å². The average Bonchev–Trinajstić information content (AvgIpc) is 2.30. The van der Waals surface area contributed by atoms with Crippen molar-refractivity contribution in [1.29, 1.82) is 0 Å². The molecule has 0 unspecified atom stereocenters. The zero-order valence-electron chi connectivity index (χ0n) is 8.95. The first-order chi connectivity index (χ1) is 8.18. The Labute approximate surface area is 113 Å². The predicted molar refractivity (Wildman–Crippen MR) is 75.1 cm³/mol. The summed E-state index contributed by atoms with van der Waals surface area (Å²) in [5, 5.41) is 3.98. The molecular weight excluding hydrogens is 302 g/mol. The fourth-order valence-corrected chi connectivity index (χ4v) is 2.15. The third-order valence-electron chi connectivity index (χ3n) is 2.34. The Morgan fingerprint density at radius 2 is 2.06 bits per heavy atom. The van der Waals surface area contributed by atoms with Gasteiger partial charge in [-0.3, -0.25) is 4.98 Å². The fourth-order valence-electron chi connectivity index (χ4n) is 1.46. The molecule has 2 aromatic rings. The summed E-state index contributed by atoms with van der Waals surface area (Å²) in [6.45, 7) is 0.618. The van der Waals surface area contributed by atoms with Crippen molar-refractivity contribution < 1.29 is 0 Å². The molecule has 0 aliphatic heterocycles. The van der Waals surface area contributed by atoms with Gasteiger partial charge in [0.15, 0.2) is 0 Å². The molecule has 0 radical (unpaired) electrons. The third-order valence-corrected chi connectivity index (χ3v) is 3.31. The highest BCUT2D eigenvalue weighted by Crippen LogP contribution is 2.28. The number of benzene rings is 1. The normalized spacial score (nSPS) is 10.2. The van der Waals surface area contributed by atoms with Gasteiger partial charge < -0.3 is 11.1 Å². The summed E-state index contributed by atoms with van der Waals surface area (Å²) < 4.78 is 0.838. The van der Waals surface area contributed by atoms with E-state index >= 15 is 0 Å². The Morgan fingerprint density at radius 1 is 1.29 bits per heavy atom. The zero-order chi connectivity index (χ0) is 12.3. The minimum Gasteiger partial charge on any atom is -0.396 e. The second kappa shape index (κ2) is 5.38. The van der Waals surface area contributed by atoms with Gasteiger partial charge >= 0.3 is 0 Å². The standard InChI is InChI=1S/C12H11BrClN3/c13-9-6-16-7-11(15)12(9)17-5-8-3-1-2-4-10(8)14/h1-4,6-7H,5,15H2,(H,16,17). The molecule has 0 fully saturated rings. The van der Waals surface area contributed by atoms with Crippen molar-refractivity contribution in [3.63, 3.8) is 0 Å². The number of anilines is 2. The molecule has 17 heavy (non-hydrogen) atoms. The van der Waals surface area contributed by atoms with Gasteiger partial charge in [0.25, 0.3) is 0 Å². The van der Waals surface area contributed by atoms with E-state index in [1.807, 2.05) is 24.3 Å². The van der Waals surface area contributed by atoms with E-state index in [-0.39, 0.29) is 0 Å². The van der Waals surface area contributed by atoms with Crippen molar-refractivity contribution in [1.82, 2.24) is 4.98 Å². The van der Waals surface area contributed by atoms with Crippen LogP contribution in [0, 0.1) is 0 Å². The molecule has 88 valence electrons. The van der Waals surface area contributed by atoms with Crippen LogP contribution in [-0.4, -0.2) is 4.98 Å². The lowest BCUT2D eigenvalue weighted by Gasteiger charge is -2.11. The number of aromatic nitrogens is 1. The summed E-state index contributed by atoms with van der Waals surface area (Å²) in [7, 11) is 0. The molecule has 5 heteroatoms. The molecule has 0 aliphatic rings. The van der Waals surface area contributed by atoms with Gasteiger partial charge in [0.05, 0.1) is 22.0 Å². The van der Waals surface area contributed by atoms with E-state index in [4.69, 9.17) is 17.3 Å². The Hall–Kier alpha value is -1.26. The minimum atomic E-state index is 0.603. The van der Waals surface area contributed by atoms with E-state index in [1.165, 1.54) is 0 Å². The number of pyridine rings is 1. The van der Waals surface area contributed by atoms with Crippen LogP contribution in [0.4, 0.5) is 11.4 Å². The van der Waals surface area contributed by atoms with Crippen LogP contribution in [0.2, 0.25) is 5.02 Å². The van der Waals surface area contributed by atoms with Gasteiger partial charge in [-0.05, 0) is 27.6 Å². The van der Waals surface area contributed by atoms with Crippen LogP contribution >= 0.6 is 27.5 Å². The summed E-state index contributed by atoms with van der Waals surface area (Å²) in [4.78, 5) is 3.98. The molecule has 1 heterocycles. The summed E-state index contributed by atoms with van der Waals surface area (Å²) in [5.41, 5.74) is 8.30. The molecule has 1 aromatic carbocycles. The Kier molecular flexibility index (Phi) is 3.86. The van der Waals surface area contributed by atoms with Gasteiger partial charge in [-0.1, -0.05) is 29.8 Å². The fraction of sp³-hybridized carbons (Fsp3) is 0.0833. The maximum absolute atomic E-state index is 6.07. The van der Waals surface area contributed by atoms with Gasteiger partial charge in [0, 0.05) is 17.8 Å². The largest absolute Gasteiger partial charge is 0.396 e. The average molecular weight is 313 g/mol. The monoisotopic (exact) mass is 311 g/mol. The molecule has 3 N–H and O–H groups in total. The minimum absolute atomic E-state index is 0.603. The van der Waals surface area contributed by atoms with Crippen LogP contribution in [0.5, 0.6) is 0 Å². The lowest BCUT2D eigenvalue weighted by molar-refractivity contribution is 1.14. The Bertz CT molecular complexity index is 511. The molecule has 3 nitrogen and oxygen atoms in total. The van der Waals surface area contributed by atoms with Crippen LogP contribution in [0.15, 0.2) is 41.1 Å². The van der Waals surface area contributed by atoms with Crippen LogP contribution in [0.1, 0.15) is 5.56 Å². The molecule has 0 atom stereocenters. The first-order valence-corrected chi connectivity index (χ1v) is 6.22. The topological polar surface area (TPSA) is 50.9 Å². The summed E-state index contributed by atoms with van der Waals surface area (Å²) in [6.07, 6.45) is 3.31. The number of nitrogens with zero attached hydrogens (tertiary/aromatic N) is 1. The van der Waals surface area contributed by atoms with E-state index < -0.39 is 0 Å². The lowest BCUT2D eigenvalue weighted by Crippen LogP contribution is -2.04. The maximum atomic E-state index is 6.07. The second-order valence-corrected chi connectivity index (χ2v) is 4.79. The van der Waals surface area contributed by atoms with E-state index in [1.54, 1.807) is 12.4 Å². The molecular formula is C12H11BrClN3. The van der Waals surface area contributed by atoms with Crippen molar-refractivity contribution in [2.75, 3.05) is 11.1 Å². The summed E-state index contributed by atoms with van der Waals surface area (Å²) >= 11 is 9.48. The number of nitrogen functional groups attached to an aromatic ring is 1.